The number of anilines is 1. The molecule has 0 unspecified atom stereocenters. The van der Waals surface area contributed by atoms with E-state index in [1.807, 2.05) is 4.90 Å². The second kappa shape index (κ2) is 5.01. The molecule has 2 rings (SSSR count). The van der Waals surface area contributed by atoms with Gasteiger partial charge in [-0.15, -0.1) is 0 Å². The van der Waals surface area contributed by atoms with Gasteiger partial charge in [-0.25, -0.2) is 0 Å². The number of nitrogens with two attached hydrogens (primary N) is 1. The highest BCUT2D eigenvalue weighted by molar-refractivity contribution is 9.10. The standard InChI is InChI=1S/C11H14BrN3S/c12-9-1-3-10(4-2-9)14-5-7-15(8-6-14)11(13)16/h1-4H,5-8H2,(H2,13,16). The summed E-state index contributed by atoms with van der Waals surface area (Å²) in [6.07, 6.45) is 0. The predicted molar refractivity (Wildman–Crippen MR) is 74.7 cm³/mol. The Morgan fingerprint density at radius 2 is 1.69 bits per heavy atom. The number of hydrogen-bond acceptors (Lipinski definition) is 2. The van der Waals surface area contributed by atoms with Crippen LogP contribution in [0, 0.1) is 0 Å². The molecule has 1 heterocycles. The van der Waals surface area contributed by atoms with Gasteiger partial charge in [-0.05, 0) is 36.5 Å². The highest BCUT2D eigenvalue weighted by atomic mass is 79.9. The molecule has 0 saturated carbocycles. The molecule has 5 heteroatoms. The van der Waals surface area contributed by atoms with Crippen molar-refractivity contribution in [2.24, 2.45) is 5.73 Å². The maximum Gasteiger partial charge on any atom is 0.166 e. The van der Waals surface area contributed by atoms with Gasteiger partial charge in [0.25, 0.3) is 0 Å². The Hall–Kier alpha value is -0.810. The van der Waals surface area contributed by atoms with Crippen LogP contribution < -0.4 is 10.6 Å². The number of thiocarbonyl (C=S) groups is 1. The zero-order valence-electron chi connectivity index (χ0n) is 8.90. The minimum Gasteiger partial charge on any atom is -0.376 e. The average molecular weight is 300 g/mol. The van der Waals surface area contributed by atoms with Gasteiger partial charge in [-0.2, -0.15) is 0 Å². The molecule has 0 spiro atoms. The summed E-state index contributed by atoms with van der Waals surface area (Å²) < 4.78 is 1.11. The highest BCUT2D eigenvalue weighted by Gasteiger charge is 2.17. The van der Waals surface area contributed by atoms with Gasteiger partial charge in [-0.3, -0.25) is 0 Å². The first-order valence-corrected chi connectivity index (χ1v) is 6.42. The molecule has 1 aromatic rings. The molecule has 0 atom stereocenters. The van der Waals surface area contributed by atoms with Crippen molar-refractivity contribution in [1.82, 2.24) is 4.90 Å². The zero-order chi connectivity index (χ0) is 11.5. The van der Waals surface area contributed by atoms with Crippen molar-refractivity contribution >= 4 is 38.9 Å². The molecular weight excluding hydrogens is 286 g/mol. The van der Waals surface area contributed by atoms with Crippen LogP contribution in [0.15, 0.2) is 28.7 Å². The van der Waals surface area contributed by atoms with Crippen LogP contribution in [0.5, 0.6) is 0 Å². The largest absolute Gasteiger partial charge is 0.376 e. The number of rotatable bonds is 1. The van der Waals surface area contributed by atoms with E-state index in [9.17, 15) is 0 Å². The molecule has 86 valence electrons. The maximum absolute atomic E-state index is 5.60. The van der Waals surface area contributed by atoms with Gasteiger partial charge in [0.1, 0.15) is 0 Å². The van der Waals surface area contributed by atoms with E-state index in [0.717, 1.165) is 30.7 Å². The molecule has 0 aromatic heterocycles. The Morgan fingerprint density at radius 1 is 1.12 bits per heavy atom. The molecule has 1 saturated heterocycles. The molecule has 0 aliphatic carbocycles. The van der Waals surface area contributed by atoms with Gasteiger partial charge in [0.05, 0.1) is 0 Å². The van der Waals surface area contributed by atoms with E-state index in [1.165, 1.54) is 5.69 Å². The molecule has 1 aromatic carbocycles. The summed E-state index contributed by atoms with van der Waals surface area (Å²) in [5.41, 5.74) is 6.86. The summed E-state index contributed by atoms with van der Waals surface area (Å²) in [6.45, 7) is 3.76. The van der Waals surface area contributed by atoms with Crippen molar-refractivity contribution < 1.29 is 0 Å². The number of nitrogens with zero attached hydrogens (tertiary/aromatic N) is 2. The van der Waals surface area contributed by atoms with Crippen LogP contribution in [0.2, 0.25) is 0 Å². The first-order valence-electron chi connectivity index (χ1n) is 5.22. The molecule has 16 heavy (non-hydrogen) atoms. The van der Waals surface area contributed by atoms with Crippen LogP contribution in [0.25, 0.3) is 0 Å². The lowest BCUT2D eigenvalue weighted by Gasteiger charge is -2.36. The molecule has 0 amide bonds. The first-order chi connectivity index (χ1) is 7.66. The number of halogens is 1. The second-order valence-electron chi connectivity index (χ2n) is 3.79. The van der Waals surface area contributed by atoms with Crippen molar-refractivity contribution in [1.29, 1.82) is 0 Å². The normalized spacial score (nSPS) is 16.3. The Bertz CT molecular complexity index is 371. The molecule has 3 nitrogen and oxygen atoms in total. The molecule has 1 fully saturated rings. The van der Waals surface area contributed by atoms with Crippen molar-refractivity contribution in [2.75, 3.05) is 31.1 Å². The van der Waals surface area contributed by atoms with Crippen LogP contribution in [0.3, 0.4) is 0 Å². The zero-order valence-corrected chi connectivity index (χ0v) is 11.3. The fourth-order valence-electron chi connectivity index (χ4n) is 1.84. The molecule has 1 aliphatic rings. The van der Waals surface area contributed by atoms with Crippen LogP contribution in [-0.4, -0.2) is 36.2 Å². The highest BCUT2D eigenvalue weighted by Crippen LogP contribution is 2.19. The average Bonchev–Trinajstić information content (AvgIpc) is 2.30. The molecule has 0 radical (unpaired) electrons. The van der Waals surface area contributed by atoms with E-state index >= 15 is 0 Å². The fourth-order valence-corrected chi connectivity index (χ4v) is 2.28. The quantitative estimate of drug-likeness (QED) is 0.802. The van der Waals surface area contributed by atoms with Crippen molar-refractivity contribution in [3.8, 4) is 0 Å². The summed E-state index contributed by atoms with van der Waals surface area (Å²) in [6, 6.07) is 8.38. The summed E-state index contributed by atoms with van der Waals surface area (Å²) in [5, 5.41) is 0.510. The lowest BCUT2D eigenvalue weighted by Crippen LogP contribution is -2.50. The number of piperazine rings is 1. The van der Waals surface area contributed by atoms with Gasteiger partial charge < -0.3 is 15.5 Å². The topological polar surface area (TPSA) is 32.5 Å². The van der Waals surface area contributed by atoms with E-state index in [1.54, 1.807) is 0 Å². The Labute approximate surface area is 109 Å². The molecule has 2 N–H and O–H groups in total. The monoisotopic (exact) mass is 299 g/mol. The minimum absolute atomic E-state index is 0.510. The molecular formula is C11H14BrN3S. The van der Waals surface area contributed by atoms with E-state index < -0.39 is 0 Å². The van der Waals surface area contributed by atoms with Crippen LogP contribution in [0.4, 0.5) is 5.69 Å². The number of hydrogen-bond donors (Lipinski definition) is 1. The lowest BCUT2D eigenvalue weighted by molar-refractivity contribution is 0.388. The van der Waals surface area contributed by atoms with Crippen molar-refractivity contribution in [3.05, 3.63) is 28.7 Å². The third-order valence-electron chi connectivity index (χ3n) is 2.78. The van der Waals surface area contributed by atoms with Gasteiger partial charge in [0.2, 0.25) is 0 Å². The van der Waals surface area contributed by atoms with Crippen LogP contribution in [0.1, 0.15) is 0 Å². The van der Waals surface area contributed by atoms with Crippen LogP contribution >= 0.6 is 28.1 Å². The Morgan fingerprint density at radius 3 is 2.19 bits per heavy atom. The smallest absolute Gasteiger partial charge is 0.166 e. The molecule has 1 aliphatic heterocycles. The van der Waals surface area contributed by atoms with E-state index in [0.29, 0.717) is 5.11 Å². The summed E-state index contributed by atoms with van der Waals surface area (Å²) in [7, 11) is 0. The second-order valence-corrected chi connectivity index (χ2v) is 5.12. The van der Waals surface area contributed by atoms with Crippen molar-refractivity contribution in [3.63, 3.8) is 0 Å². The van der Waals surface area contributed by atoms with Crippen LogP contribution in [-0.2, 0) is 0 Å². The number of benzene rings is 1. The van der Waals surface area contributed by atoms with E-state index in [-0.39, 0.29) is 0 Å². The predicted octanol–water partition coefficient (Wildman–Crippen LogP) is 1.81. The lowest BCUT2D eigenvalue weighted by atomic mass is 10.2. The van der Waals surface area contributed by atoms with Gasteiger partial charge >= 0.3 is 0 Å². The summed E-state index contributed by atoms with van der Waals surface area (Å²) in [4.78, 5) is 4.39. The van der Waals surface area contributed by atoms with Crippen molar-refractivity contribution in [2.45, 2.75) is 0 Å². The van der Waals surface area contributed by atoms with E-state index in [2.05, 4.69) is 45.1 Å². The van der Waals surface area contributed by atoms with Gasteiger partial charge in [0.15, 0.2) is 5.11 Å². The third-order valence-corrected chi connectivity index (χ3v) is 3.57. The summed E-state index contributed by atoms with van der Waals surface area (Å²) >= 11 is 8.40. The van der Waals surface area contributed by atoms with E-state index in [4.69, 9.17) is 18.0 Å². The third kappa shape index (κ3) is 2.65. The Kier molecular flexibility index (Phi) is 3.66. The minimum atomic E-state index is 0.510. The SMILES string of the molecule is NC(=S)N1CCN(c2ccc(Br)cc2)CC1. The summed E-state index contributed by atoms with van der Waals surface area (Å²) in [5.74, 6) is 0. The Balaban J connectivity index is 1.99. The fraction of sp³-hybridized carbons (Fsp3) is 0.364. The first kappa shape index (κ1) is 11.7. The van der Waals surface area contributed by atoms with Gasteiger partial charge in [0, 0.05) is 36.3 Å². The van der Waals surface area contributed by atoms with Gasteiger partial charge in [-0.1, -0.05) is 15.9 Å². The molecule has 0 bridgehead atoms. The maximum atomic E-state index is 5.60.